The average molecular weight is 582 g/mol. The number of anilines is 2. The number of amides is 2. The highest BCUT2D eigenvalue weighted by Crippen LogP contribution is 2.27. The summed E-state index contributed by atoms with van der Waals surface area (Å²) in [5.41, 5.74) is 1.71. The molecule has 4 aromatic rings. The van der Waals surface area contributed by atoms with Gasteiger partial charge in [-0.1, -0.05) is 51.8 Å². The quantitative estimate of drug-likeness (QED) is 0.285. The highest BCUT2D eigenvalue weighted by atomic mass is 79.9. The molecule has 2 N–H and O–H groups in total. The maximum absolute atomic E-state index is 13.6. The third-order valence-electron chi connectivity index (χ3n) is 5.44. The number of furan rings is 1. The summed E-state index contributed by atoms with van der Waals surface area (Å²) in [5.74, 6) is -0.439. The van der Waals surface area contributed by atoms with Gasteiger partial charge in [0.25, 0.3) is 15.9 Å². The number of para-hydroxylation sites is 1. The molecule has 1 heterocycles. The summed E-state index contributed by atoms with van der Waals surface area (Å²) in [6.45, 7) is 1.53. The minimum absolute atomic E-state index is 0.0589. The molecule has 0 aliphatic rings. The lowest BCUT2D eigenvalue weighted by Crippen LogP contribution is -2.38. The van der Waals surface area contributed by atoms with E-state index < -0.39 is 28.4 Å². The second-order valence-electron chi connectivity index (χ2n) is 8.16. The second-order valence-corrected chi connectivity index (χ2v) is 10.9. The third kappa shape index (κ3) is 6.46. The van der Waals surface area contributed by atoms with E-state index in [0.717, 1.165) is 9.87 Å². The molecule has 0 fully saturated rings. The van der Waals surface area contributed by atoms with Crippen LogP contribution in [0.15, 0.2) is 105 Å². The smallest absolute Gasteiger partial charge is 0.264 e. The monoisotopic (exact) mass is 581 g/mol. The average Bonchev–Trinajstić information content (AvgIpc) is 3.40. The molecule has 0 unspecified atom stereocenters. The van der Waals surface area contributed by atoms with Crippen molar-refractivity contribution in [2.75, 3.05) is 16.2 Å². The summed E-state index contributed by atoms with van der Waals surface area (Å²) in [6, 6.07) is 23.0. The van der Waals surface area contributed by atoms with Crippen molar-refractivity contribution in [3.05, 3.63) is 113 Å². The van der Waals surface area contributed by atoms with Crippen molar-refractivity contribution >= 4 is 49.1 Å². The van der Waals surface area contributed by atoms with E-state index in [1.165, 1.54) is 18.4 Å². The molecule has 0 saturated carbocycles. The summed E-state index contributed by atoms with van der Waals surface area (Å²) in [7, 11) is -4.07. The summed E-state index contributed by atoms with van der Waals surface area (Å²) < 4.78 is 34.1. The normalized spacial score (nSPS) is 11.1. The molecule has 0 aliphatic heterocycles. The Hall–Kier alpha value is -3.89. The van der Waals surface area contributed by atoms with Gasteiger partial charge < -0.3 is 15.1 Å². The Balaban J connectivity index is 1.57. The molecule has 1 aromatic heterocycles. The fourth-order valence-corrected chi connectivity index (χ4v) is 5.37. The van der Waals surface area contributed by atoms with Crippen LogP contribution in [-0.4, -0.2) is 26.8 Å². The van der Waals surface area contributed by atoms with E-state index in [1.54, 1.807) is 72.8 Å². The molecule has 8 nitrogen and oxygen atoms in total. The first-order chi connectivity index (χ1) is 17.7. The molecule has 0 saturated heterocycles. The SMILES string of the molecule is Cc1ccc(S(=O)(=O)N(CC(=O)Nc2ccccc2C(=O)NCc2ccco2)c2cccc(Br)c2)cc1. The molecule has 37 heavy (non-hydrogen) atoms. The number of sulfonamides is 1. The molecule has 4 rings (SSSR count). The van der Waals surface area contributed by atoms with Crippen LogP contribution in [0.4, 0.5) is 11.4 Å². The molecule has 3 aromatic carbocycles. The number of nitrogens with one attached hydrogen (secondary N) is 2. The number of aryl methyl sites for hydroxylation is 1. The van der Waals surface area contributed by atoms with Crippen molar-refractivity contribution in [3.8, 4) is 0 Å². The minimum Gasteiger partial charge on any atom is -0.467 e. The number of nitrogens with zero attached hydrogens (tertiary/aromatic N) is 1. The summed E-state index contributed by atoms with van der Waals surface area (Å²) in [6.07, 6.45) is 1.51. The third-order valence-corrected chi connectivity index (χ3v) is 7.72. The van der Waals surface area contributed by atoms with Gasteiger partial charge in [0, 0.05) is 4.47 Å². The highest BCUT2D eigenvalue weighted by Gasteiger charge is 2.28. The van der Waals surface area contributed by atoms with Crippen LogP contribution in [0.3, 0.4) is 0 Å². The van der Waals surface area contributed by atoms with E-state index in [4.69, 9.17) is 4.42 Å². The number of halogens is 1. The lowest BCUT2D eigenvalue weighted by Gasteiger charge is -2.24. The van der Waals surface area contributed by atoms with E-state index in [9.17, 15) is 18.0 Å². The number of carbonyl (C=O) groups is 2. The van der Waals surface area contributed by atoms with Crippen molar-refractivity contribution < 1.29 is 22.4 Å². The van der Waals surface area contributed by atoms with Gasteiger partial charge in [-0.05, 0) is 61.5 Å². The van der Waals surface area contributed by atoms with E-state index in [1.807, 2.05) is 6.92 Å². The Morgan fingerprint density at radius 3 is 2.41 bits per heavy atom. The van der Waals surface area contributed by atoms with Gasteiger partial charge in [-0.25, -0.2) is 8.42 Å². The molecule has 0 aliphatic carbocycles. The summed E-state index contributed by atoms with van der Waals surface area (Å²) in [4.78, 5) is 26.0. The lowest BCUT2D eigenvalue weighted by atomic mass is 10.1. The number of hydrogen-bond donors (Lipinski definition) is 2. The van der Waals surface area contributed by atoms with Crippen LogP contribution in [0.1, 0.15) is 21.7 Å². The van der Waals surface area contributed by atoms with Crippen LogP contribution in [0.2, 0.25) is 0 Å². The van der Waals surface area contributed by atoms with E-state index in [0.29, 0.717) is 15.9 Å². The number of rotatable bonds is 9. The molecule has 10 heteroatoms. The van der Waals surface area contributed by atoms with Crippen LogP contribution in [0, 0.1) is 6.92 Å². The van der Waals surface area contributed by atoms with Gasteiger partial charge in [-0.2, -0.15) is 0 Å². The number of benzene rings is 3. The van der Waals surface area contributed by atoms with Crippen LogP contribution in [0.5, 0.6) is 0 Å². The first kappa shape index (κ1) is 26.2. The Kier molecular flexibility index (Phi) is 8.10. The van der Waals surface area contributed by atoms with Gasteiger partial charge in [0.15, 0.2) is 0 Å². The number of carbonyl (C=O) groups excluding carboxylic acids is 2. The Bertz CT molecular complexity index is 1500. The van der Waals surface area contributed by atoms with Crippen LogP contribution < -0.4 is 14.9 Å². The van der Waals surface area contributed by atoms with Crippen molar-refractivity contribution in [1.82, 2.24) is 5.32 Å². The predicted octanol–water partition coefficient (Wildman–Crippen LogP) is 5.11. The molecular weight excluding hydrogens is 558 g/mol. The molecule has 0 atom stereocenters. The Morgan fingerprint density at radius 1 is 0.946 bits per heavy atom. The first-order valence-electron chi connectivity index (χ1n) is 11.3. The van der Waals surface area contributed by atoms with Gasteiger partial charge in [-0.15, -0.1) is 0 Å². The number of hydrogen-bond acceptors (Lipinski definition) is 5. The lowest BCUT2D eigenvalue weighted by molar-refractivity contribution is -0.114. The van der Waals surface area contributed by atoms with Crippen LogP contribution in [-0.2, 0) is 21.4 Å². The zero-order valence-electron chi connectivity index (χ0n) is 19.8. The van der Waals surface area contributed by atoms with E-state index in [2.05, 4.69) is 26.6 Å². The van der Waals surface area contributed by atoms with E-state index >= 15 is 0 Å². The first-order valence-corrected chi connectivity index (χ1v) is 13.5. The molecular formula is C27H24BrN3O5S. The zero-order chi connectivity index (χ0) is 26.4. The van der Waals surface area contributed by atoms with Crippen molar-refractivity contribution in [3.63, 3.8) is 0 Å². The maximum atomic E-state index is 13.6. The molecule has 0 radical (unpaired) electrons. The molecule has 0 spiro atoms. The maximum Gasteiger partial charge on any atom is 0.264 e. The largest absolute Gasteiger partial charge is 0.467 e. The Labute approximate surface area is 223 Å². The standard InChI is InChI=1S/C27H24BrN3O5S/c1-19-11-13-23(14-12-19)37(34,35)31(21-7-4-6-20(28)16-21)18-26(32)30-25-10-3-2-9-24(25)27(33)29-17-22-8-5-15-36-22/h2-16H,17-18H2,1H3,(H,29,33)(H,30,32). The molecule has 2 amide bonds. The minimum atomic E-state index is -4.07. The van der Waals surface area contributed by atoms with Crippen molar-refractivity contribution in [2.45, 2.75) is 18.4 Å². The van der Waals surface area contributed by atoms with Crippen molar-refractivity contribution in [1.29, 1.82) is 0 Å². The van der Waals surface area contributed by atoms with Gasteiger partial charge in [-0.3, -0.25) is 13.9 Å². The van der Waals surface area contributed by atoms with Gasteiger partial charge in [0.2, 0.25) is 5.91 Å². The van der Waals surface area contributed by atoms with E-state index in [-0.39, 0.29) is 22.7 Å². The second kappa shape index (κ2) is 11.4. The van der Waals surface area contributed by atoms with Crippen molar-refractivity contribution in [2.24, 2.45) is 0 Å². The summed E-state index contributed by atoms with van der Waals surface area (Å²) in [5, 5.41) is 5.43. The van der Waals surface area contributed by atoms with Gasteiger partial charge >= 0.3 is 0 Å². The zero-order valence-corrected chi connectivity index (χ0v) is 22.3. The fourth-order valence-electron chi connectivity index (χ4n) is 3.57. The predicted molar refractivity (Wildman–Crippen MR) is 145 cm³/mol. The molecule has 0 bridgehead atoms. The Morgan fingerprint density at radius 2 is 1.70 bits per heavy atom. The highest BCUT2D eigenvalue weighted by molar-refractivity contribution is 9.10. The summed E-state index contributed by atoms with van der Waals surface area (Å²) >= 11 is 3.36. The fraction of sp³-hybridized carbons (Fsp3) is 0.111. The topological polar surface area (TPSA) is 109 Å². The van der Waals surface area contributed by atoms with Crippen LogP contribution >= 0.6 is 15.9 Å². The molecule has 190 valence electrons. The van der Waals surface area contributed by atoms with Gasteiger partial charge in [0.1, 0.15) is 12.3 Å². The van der Waals surface area contributed by atoms with Gasteiger partial charge in [0.05, 0.1) is 34.6 Å². The van der Waals surface area contributed by atoms with Crippen LogP contribution in [0.25, 0.3) is 0 Å².